The zero-order chi connectivity index (χ0) is 30.6. The van der Waals surface area contributed by atoms with Crippen LogP contribution in [0.15, 0.2) is 91.0 Å². The summed E-state index contributed by atoms with van der Waals surface area (Å²) in [5.41, 5.74) is 9.62. The minimum atomic E-state index is -4.22. The van der Waals surface area contributed by atoms with E-state index in [4.69, 9.17) is 0 Å². The number of allylic oxidation sites excluding steroid dienone is 6. The minimum Gasteiger partial charge on any atom is -0.748 e. The Hall–Kier alpha value is -3.30. The molecule has 0 fully saturated rings. The molecule has 3 aromatic carbocycles. The van der Waals surface area contributed by atoms with Gasteiger partial charge in [-0.3, -0.25) is 0 Å². The maximum atomic E-state index is 11.4. The van der Waals surface area contributed by atoms with E-state index in [-0.39, 0.29) is 11.2 Å². The Bertz CT molecular complexity index is 1500. The summed E-state index contributed by atoms with van der Waals surface area (Å²) in [6, 6.07) is 24.1. The molecule has 0 saturated heterocycles. The van der Waals surface area contributed by atoms with Crippen molar-refractivity contribution in [2.75, 3.05) is 5.75 Å². The summed E-state index contributed by atoms with van der Waals surface area (Å²) in [4.78, 5) is 0. The van der Waals surface area contributed by atoms with Crippen LogP contribution >= 0.6 is 0 Å². The minimum absolute atomic E-state index is 0.230. The summed E-state index contributed by atoms with van der Waals surface area (Å²) in [6.07, 6.45) is 17.5. The van der Waals surface area contributed by atoms with E-state index in [1.165, 1.54) is 38.9 Å². The molecule has 0 aliphatic heterocycles. The summed E-state index contributed by atoms with van der Waals surface area (Å²) in [5, 5.41) is 0. The largest absolute Gasteiger partial charge is 0.748 e. The highest BCUT2D eigenvalue weighted by Crippen LogP contribution is 2.55. The second kappa shape index (κ2) is 15.8. The third-order valence-electron chi connectivity index (χ3n) is 7.96. The van der Waals surface area contributed by atoms with Crippen molar-refractivity contribution in [1.29, 1.82) is 0 Å². The maximum absolute atomic E-state index is 11.4. The van der Waals surface area contributed by atoms with E-state index in [9.17, 15) is 13.0 Å². The van der Waals surface area contributed by atoms with Crippen LogP contribution in [0.25, 0.3) is 27.8 Å². The van der Waals surface area contributed by atoms with Crippen molar-refractivity contribution in [2.45, 2.75) is 85.0 Å². The SMILES string of the molecule is CC.CC.CCCCCC1(CCCCS(=O)(=O)[O-])c2cc(C3=CC=C[C+]=C3)ccc2-c2ccc(-c3ccccc3)cc21. The van der Waals surface area contributed by atoms with Crippen LogP contribution in [0.5, 0.6) is 0 Å². The summed E-state index contributed by atoms with van der Waals surface area (Å²) >= 11 is 0. The lowest BCUT2D eigenvalue weighted by Crippen LogP contribution is -2.26. The van der Waals surface area contributed by atoms with Crippen molar-refractivity contribution in [2.24, 2.45) is 0 Å². The van der Waals surface area contributed by atoms with Crippen LogP contribution in [0.1, 0.15) is 96.3 Å². The van der Waals surface area contributed by atoms with Gasteiger partial charge < -0.3 is 4.55 Å². The predicted molar refractivity (Wildman–Crippen MR) is 178 cm³/mol. The molecule has 3 aromatic rings. The van der Waals surface area contributed by atoms with Gasteiger partial charge in [-0.25, -0.2) is 8.42 Å². The molecule has 0 bridgehead atoms. The van der Waals surface area contributed by atoms with E-state index in [1.807, 2.05) is 52.0 Å². The molecular weight excluding hydrogens is 536 g/mol. The van der Waals surface area contributed by atoms with Gasteiger partial charge in [-0.05, 0) is 70.8 Å². The van der Waals surface area contributed by atoms with Gasteiger partial charge in [0.05, 0.1) is 21.8 Å². The van der Waals surface area contributed by atoms with Crippen LogP contribution in [0.3, 0.4) is 0 Å². The van der Waals surface area contributed by atoms with Gasteiger partial charge >= 0.3 is 0 Å². The van der Waals surface area contributed by atoms with Crippen LogP contribution in [-0.4, -0.2) is 18.7 Å². The number of rotatable bonds is 11. The second-order valence-electron chi connectivity index (χ2n) is 10.4. The van der Waals surface area contributed by atoms with Crippen molar-refractivity contribution < 1.29 is 13.0 Å². The van der Waals surface area contributed by atoms with Gasteiger partial charge in [0.25, 0.3) is 0 Å². The molecular formula is C38H46O3S. The molecule has 0 amide bonds. The predicted octanol–water partition coefficient (Wildman–Crippen LogP) is 10.3. The number of hydrogen-bond donors (Lipinski definition) is 0. The van der Waals surface area contributed by atoms with Gasteiger partial charge in [0, 0.05) is 28.9 Å². The molecule has 1 atom stereocenters. The molecule has 0 spiro atoms. The topological polar surface area (TPSA) is 57.2 Å². The standard InChI is InChI=1S/C34H34O3S.2C2H6/c1-2-3-10-21-34(22-11-12-23-38(35,36)37)32-24-28(26-13-6-4-7-14-26)17-19-30(32)31-20-18-29(25-33(31)34)27-15-8-5-9-16-27;2*1-2/h4-8,13-20,24-25H,2-3,10-12,21-23H2,1H3;2*1-2H3. The van der Waals surface area contributed by atoms with Crippen LogP contribution in [0.2, 0.25) is 0 Å². The van der Waals surface area contributed by atoms with Crippen LogP contribution < -0.4 is 0 Å². The monoisotopic (exact) mass is 582 g/mol. The Morgan fingerprint density at radius 1 is 0.738 bits per heavy atom. The van der Waals surface area contributed by atoms with E-state index >= 15 is 0 Å². The van der Waals surface area contributed by atoms with Gasteiger partial charge in [0.15, 0.2) is 0 Å². The van der Waals surface area contributed by atoms with Gasteiger partial charge in [-0.2, -0.15) is 0 Å². The van der Waals surface area contributed by atoms with Gasteiger partial charge in [-0.15, -0.1) is 0 Å². The zero-order valence-electron chi connectivity index (χ0n) is 26.0. The quantitative estimate of drug-likeness (QED) is 0.128. The van der Waals surface area contributed by atoms with E-state index < -0.39 is 10.1 Å². The Morgan fingerprint density at radius 2 is 1.33 bits per heavy atom. The highest BCUT2D eigenvalue weighted by Gasteiger charge is 2.42. The summed E-state index contributed by atoms with van der Waals surface area (Å²) < 4.78 is 34.1. The molecule has 0 saturated carbocycles. The van der Waals surface area contributed by atoms with E-state index in [2.05, 4.69) is 79.7 Å². The van der Waals surface area contributed by atoms with Crippen molar-refractivity contribution in [3.63, 3.8) is 0 Å². The lowest BCUT2D eigenvalue weighted by atomic mass is 9.70. The summed E-state index contributed by atoms with van der Waals surface area (Å²) in [7, 11) is -4.22. The molecule has 3 nitrogen and oxygen atoms in total. The Morgan fingerprint density at radius 3 is 1.90 bits per heavy atom. The van der Waals surface area contributed by atoms with Crippen molar-refractivity contribution in [3.05, 3.63) is 114 Å². The lowest BCUT2D eigenvalue weighted by molar-refractivity contribution is 0.406. The van der Waals surface area contributed by atoms with Crippen LogP contribution in [0, 0.1) is 6.08 Å². The molecule has 2 aliphatic carbocycles. The normalized spacial score (nSPS) is 16.2. The fourth-order valence-electron chi connectivity index (χ4n) is 6.10. The van der Waals surface area contributed by atoms with Crippen molar-refractivity contribution in [3.8, 4) is 22.3 Å². The molecule has 42 heavy (non-hydrogen) atoms. The van der Waals surface area contributed by atoms with Crippen molar-refractivity contribution in [1.82, 2.24) is 0 Å². The second-order valence-corrected chi connectivity index (χ2v) is 12.0. The molecule has 5 rings (SSSR count). The molecule has 0 N–H and O–H groups in total. The Balaban J connectivity index is 0.00000116. The number of benzene rings is 3. The first-order valence-corrected chi connectivity index (χ1v) is 17.2. The molecule has 222 valence electrons. The highest BCUT2D eigenvalue weighted by atomic mass is 32.2. The summed E-state index contributed by atoms with van der Waals surface area (Å²) in [6.45, 7) is 10.2. The Kier molecular flexibility index (Phi) is 12.5. The number of fused-ring (bicyclic) bond motifs is 3. The molecule has 0 heterocycles. The zero-order valence-corrected chi connectivity index (χ0v) is 26.8. The number of unbranched alkanes of at least 4 members (excludes halogenated alkanes) is 3. The molecule has 1 unspecified atom stereocenters. The van der Waals surface area contributed by atoms with Crippen LogP contribution in [-0.2, 0) is 15.5 Å². The lowest BCUT2D eigenvalue weighted by Gasteiger charge is -2.33. The highest BCUT2D eigenvalue weighted by molar-refractivity contribution is 7.85. The Labute approximate surface area is 254 Å². The first kappa shape index (κ1) is 33.2. The molecule has 4 heteroatoms. The first-order chi connectivity index (χ1) is 20.4. The smallest absolute Gasteiger partial charge is 0.111 e. The third kappa shape index (κ3) is 7.75. The van der Waals surface area contributed by atoms with E-state index in [0.29, 0.717) is 12.8 Å². The van der Waals surface area contributed by atoms with Crippen molar-refractivity contribution >= 4 is 15.7 Å². The third-order valence-corrected chi connectivity index (χ3v) is 8.75. The summed E-state index contributed by atoms with van der Waals surface area (Å²) in [5.74, 6) is -0.304. The van der Waals surface area contributed by atoms with Gasteiger partial charge in [0.1, 0.15) is 12.2 Å². The fraction of sp³-hybridized carbons (Fsp3) is 0.368. The first-order valence-electron chi connectivity index (χ1n) is 15.7. The van der Waals surface area contributed by atoms with Gasteiger partial charge in [-0.1, -0.05) is 109 Å². The fourth-order valence-corrected chi connectivity index (χ4v) is 6.66. The van der Waals surface area contributed by atoms with Crippen LogP contribution in [0.4, 0.5) is 0 Å². The molecule has 2 aliphatic rings. The van der Waals surface area contributed by atoms with E-state index in [1.54, 1.807) is 0 Å². The average molecular weight is 583 g/mol. The maximum Gasteiger partial charge on any atom is 0.111 e. The number of hydrogen-bond acceptors (Lipinski definition) is 3. The average Bonchev–Trinajstić information content (AvgIpc) is 3.30. The molecule has 0 aromatic heterocycles. The van der Waals surface area contributed by atoms with E-state index in [0.717, 1.165) is 37.7 Å². The molecule has 0 radical (unpaired) electrons. The van der Waals surface area contributed by atoms with Gasteiger partial charge in [0.2, 0.25) is 0 Å².